The highest BCUT2D eigenvalue weighted by Crippen LogP contribution is 2.23. The van der Waals surface area contributed by atoms with E-state index in [9.17, 15) is 9.59 Å². The number of nitrogens with one attached hydrogen (secondary N) is 2. The van der Waals surface area contributed by atoms with E-state index < -0.39 is 0 Å². The first-order valence-electron chi connectivity index (χ1n) is 9.76. The van der Waals surface area contributed by atoms with E-state index in [1.54, 1.807) is 16.7 Å². The number of carbonyl (C=O) groups is 2. The molecule has 1 aromatic heterocycles. The molecule has 0 aliphatic carbocycles. The molecule has 2 amide bonds. The standard InChI is InChI=1S/C22H24N4O2S/c1-29-13-11-19(21-24-17-8-4-5-9-18(17)25-21)23-20(27)10-12-26-14-15-6-2-3-7-16(15)22(26)28/h2-9,19H,10-14H2,1H3,(H,23,27)(H,24,25)/t19-/m1/s1. The van der Waals surface area contributed by atoms with Crippen molar-refractivity contribution in [3.05, 3.63) is 65.5 Å². The number of hydrogen-bond donors (Lipinski definition) is 2. The Morgan fingerprint density at radius 3 is 2.83 bits per heavy atom. The third-order valence-electron chi connectivity index (χ3n) is 5.19. The first kappa shape index (κ1) is 19.5. The summed E-state index contributed by atoms with van der Waals surface area (Å²) < 4.78 is 0. The predicted molar refractivity (Wildman–Crippen MR) is 116 cm³/mol. The molecule has 0 saturated carbocycles. The first-order chi connectivity index (χ1) is 14.2. The number of amides is 2. The number of aromatic nitrogens is 2. The fourth-order valence-corrected chi connectivity index (χ4v) is 4.12. The van der Waals surface area contributed by atoms with E-state index in [4.69, 9.17) is 0 Å². The quantitative estimate of drug-likeness (QED) is 0.598. The van der Waals surface area contributed by atoms with Crippen molar-refractivity contribution in [3.8, 4) is 0 Å². The number of carbonyl (C=O) groups excluding carboxylic acids is 2. The van der Waals surface area contributed by atoms with Crippen LogP contribution in [-0.2, 0) is 11.3 Å². The minimum absolute atomic E-state index is 0.00428. The number of hydrogen-bond acceptors (Lipinski definition) is 4. The van der Waals surface area contributed by atoms with E-state index >= 15 is 0 Å². The van der Waals surface area contributed by atoms with Gasteiger partial charge in [-0.15, -0.1) is 0 Å². The molecular weight excluding hydrogens is 384 g/mol. The third-order valence-corrected chi connectivity index (χ3v) is 5.83. The summed E-state index contributed by atoms with van der Waals surface area (Å²) in [5.74, 6) is 1.63. The number of imidazole rings is 1. The first-order valence-corrected chi connectivity index (χ1v) is 11.1. The van der Waals surface area contributed by atoms with E-state index in [1.807, 2.05) is 54.8 Å². The van der Waals surface area contributed by atoms with E-state index in [1.165, 1.54) is 0 Å². The fourth-order valence-electron chi connectivity index (χ4n) is 3.65. The van der Waals surface area contributed by atoms with Crippen molar-refractivity contribution in [1.82, 2.24) is 20.2 Å². The largest absolute Gasteiger partial charge is 0.346 e. The number of thioether (sulfide) groups is 1. The van der Waals surface area contributed by atoms with Gasteiger partial charge in [0.05, 0.1) is 17.1 Å². The molecule has 6 nitrogen and oxygen atoms in total. The highest BCUT2D eigenvalue weighted by molar-refractivity contribution is 7.98. The zero-order chi connectivity index (χ0) is 20.2. The third kappa shape index (κ3) is 4.29. The van der Waals surface area contributed by atoms with Crippen LogP contribution in [0.4, 0.5) is 0 Å². The zero-order valence-corrected chi connectivity index (χ0v) is 17.2. The number of aromatic amines is 1. The minimum atomic E-state index is -0.172. The summed E-state index contributed by atoms with van der Waals surface area (Å²) in [6, 6.07) is 15.3. The van der Waals surface area contributed by atoms with E-state index in [2.05, 4.69) is 15.3 Å². The van der Waals surface area contributed by atoms with Crippen LogP contribution < -0.4 is 5.32 Å². The highest BCUT2D eigenvalue weighted by Gasteiger charge is 2.27. The van der Waals surface area contributed by atoms with Crippen LogP contribution in [0.2, 0.25) is 0 Å². The van der Waals surface area contributed by atoms with Crippen LogP contribution in [0.25, 0.3) is 11.0 Å². The SMILES string of the molecule is CSCC[C@@H](NC(=O)CCN1Cc2ccccc2C1=O)c1nc2ccccc2[nH]1. The molecular formula is C22H24N4O2S. The van der Waals surface area contributed by atoms with Gasteiger partial charge in [0.1, 0.15) is 5.82 Å². The van der Waals surface area contributed by atoms with Gasteiger partial charge in [-0.05, 0) is 42.2 Å². The van der Waals surface area contributed by atoms with Crippen LogP contribution in [0.5, 0.6) is 0 Å². The average molecular weight is 409 g/mol. The Bertz CT molecular complexity index is 999. The topological polar surface area (TPSA) is 78.1 Å². The molecule has 2 heterocycles. The summed E-state index contributed by atoms with van der Waals surface area (Å²) in [5, 5.41) is 3.11. The Morgan fingerprint density at radius 1 is 1.24 bits per heavy atom. The molecule has 1 atom stereocenters. The number of fused-ring (bicyclic) bond motifs is 2. The van der Waals surface area contributed by atoms with Crippen molar-refractivity contribution in [2.24, 2.45) is 0 Å². The lowest BCUT2D eigenvalue weighted by Gasteiger charge is -2.19. The lowest BCUT2D eigenvalue weighted by molar-refractivity contribution is -0.122. The lowest BCUT2D eigenvalue weighted by Crippen LogP contribution is -2.34. The number of nitrogens with zero attached hydrogens (tertiary/aromatic N) is 2. The summed E-state index contributed by atoms with van der Waals surface area (Å²) in [7, 11) is 0. The van der Waals surface area contributed by atoms with Crippen molar-refractivity contribution in [2.75, 3.05) is 18.6 Å². The molecule has 0 saturated heterocycles. The number of para-hydroxylation sites is 2. The molecule has 1 aliphatic heterocycles. The molecule has 1 aliphatic rings. The van der Waals surface area contributed by atoms with Crippen LogP contribution in [-0.4, -0.2) is 45.2 Å². The van der Waals surface area contributed by atoms with Crippen LogP contribution in [0.1, 0.15) is 40.6 Å². The van der Waals surface area contributed by atoms with Gasteiger partial charge in [-0.3, -0.25) is 9.59 Å². The molecule has 2 N–H and O–H groups in total. The second kappa shape index (κ2) is 8.69. The van der Waals surface area contributed by atoms with Gasteiger partial charge in [-0.2, -0.15) is 11.8 Å². The molecule has 0 bridgehead atoms. The molecule has 0 spiro atoms. The number of benzene rings is 2. The van der Waals surface area contributed by atoms with E-state index in [0.29, 0.717) is 13.1 Å². The van der Waals surface area contributed by atoms with Crippen LogP contribution in [0.15, 0.2) is 48.5 Å². The Hall–Kier alpha value is -2.80. The van der Waals surface area contributed by atoms with Gasteiger partial charge in [-0.25, -0.2) is 4.98 Å². The summed E-state index contributed by atoms with van der Waals surface area (Å²) in [6.07, 6.45) is 3.12. The normalized spacial score (nSPS) is 14.2. The van der Waals surface area contributed by atoms with E-state index in [0.717, 1.165) is 40.2 Å². The predicted octanol–water partition coefficient (Wildman–Crippen LogP) is 3.52. The molecule has 3 aromatic rings. The van der Waals surface area contributed by atoms with Gasteiger partial charge in [0, 0.05) is 25.1 Å². The van der Waals surface area contributed by atoms with Gasteiger partial charge in [0.2, 0.25) is 5.91 Å². The van der Waals surface area contributed by atoms with Crippen molar-refractivity contribution >= 4 is 34.6 Å². The van der Waals surface area contributed by atoms with Gasteiger partial charge in [-0.1, -0.05) is 30.3 Å². The molecule has 29 heavy (non-hydrogen) atoms. The van der Waals surface area contributed by atoms with Crippen molar-refractivity contribution in [3.63, 3.8) is 0 Å². The smallest absolute Gasteiger partial charge is 0.254 e. The van der Waals surface area contributed by atoms with Crippen LogP contribution >= 0.6 is 11.8 Å². The molecule has 150 valence electrons. The Balaban J connectivity index is 1.39. The monoisotopic (exact) mass is 408 g/mol. The van der Waals surface area contributed by atoms with Gasteiger partial charge in [0.25, 0.3) is 5.91 Å². The summed E-state index contributed by atoms with van der Waals surface area (Å²) in [6.45, 7) is 0.983. The maximum atomic E-state index is 12.6. The second-order valence-corrected chi connectivity index (χ2v) is 8.16. The van der Waals surface area contributed by atoms with Crippen LogP contribution in [0.3, 0.4) is 0 Å². The van der Waals surface area contributed by atoms with Gasteiger partial charge >= 0.3 is 0 Å². The Morgan fingerprint density at radius 2 is 2.03 bits per heavy atom. The Kier molecular flexibility index (Phi) is 5.85. The minimum Gasteiger partial charge on any atom is -0.346 e. The lowest BCUT2D eigenvalue weighted by atomic mass is 10.1. The molecule has 0 radical (unpaired) electrons. The molecule has 4 rings (SSSR count). The summed E-state index contributed by atoms with van der Waals surface area (Å²) in [4.78, 5) is 34.8. The molecule has 0 unspecified atom stereocenters. The summed E-state index contributed by atoms with van der Waals surface area (Å²) >= 11 is 1.74. The fraction of sp³-hybridized carbons (Fsp3) is 0.318. The van der Waals surface area contributed by atoms with Crippen molar-refractivity contribution in [1.29, 1.82) is 0 Å². The van der Waals surface area contributed by atoms with Gasteiger partial charge < -0.3 is 15.2 Å². The van der Waals surface area contributed by atoms with E-state index in [-0.39, 0.29) is 24.3 Å². The van der Waals surface area contributed by atoms with Crippen molar-refractivity contribution < 1.29 is 9.59 Å². The maximum absolute atomic E-state index is 12.6. The molecule has 0 fully saturated rings. The molecule has 2 aromatic carbocycles. The molecule has 7 heteroatoms. The zero-order valence-electron chi connectivity index (χ0n) is 16.4. The Labute approximate surface area is 174 Å². The van der Waals surface area contributed by atoms with Crippen LogP contribution in [0, 0.1) is 0 Å². The van der Waals surface area contributed by atoms with Gasteiger partial charge in [0.15, 0.2) is 0 Å². The average Bonchev–Trinajstić information content (AvgIpc) is 3.31. The second-order valence-electron chi connectivity index (χ2n) is 7.17. The summed E-state index contributed by atoms with van der Waals surface area (Å²) in [5.41, 5.74) is 3.63. The number of rotatable bonds is 8. The maximum Gasteiger partial charge on any atom is 0.254 e. The highest BCUT2D eigenvalue weighted by atomic mass is 32.2. The number of H-pyrrole nitrogens is 1. The van der Waals surface area contributed by atoms with Crippen molar-refractivity contribution in [2.45, 2.75) is 25.4 Å².